The lowest BCUT2D eigenvalue weighted by Gasteiger charge is -2.31. The molecule has 0 aliphatic rings. The summed E-state index contributed by atoms with van der Waals surface area (Å²) in [6.45, 7) is 6.71. The lowest BCUT2D eigenvalue weighted by atomic mass is 10.4. The minimum Gasteiger partial charge on any atom is -0.423 e. The van der Waals surface area contributed by atoms with Crippen molar-refractivity contribution >= 4 is 31.6 Å². The fourth-order valence-corrected chi connectivity index (χ4v) is 4.22. The molecule has 0 aromatic rings. The largest absolute Gasteiger partial charge is 0.423 e. The summed E-state index contributed by atoms with van der Waals surface area (Å²) in [6, 6.07) is 0. The highest BCUT2D eigenvalue weighted by Gasteiger charge is 2.27. The van der Waals surface area contributed by atoms with Crippen molar-refractivity contribution in [3.8, 4) is 0 Å². The fourth-order valence-electron chi connectivity index (χ4n) is 1.25. The van der Waals surface area contributed by atoms with Crippen molar-refractivity contribution in [3.05, 3.63) is 0 Å². The summed E-state index contributed by atoms with van der Waals surface area (Å²) in [6.07, 6.45) is 6.23. The molecule has 0 aliphatic heterocycles. The van der Waals surface area contributed by atoms with Gasteiger partial charge in [-0.1, -0.05) is 33.6 Å². The van der Waals surface area contributed by atoms with Crippen LogP contribution < -0.4 is 0 Å². The quantitative estimate of drug-likeness (QED) is 0.331. The lowest BCUT2D eigenvalue weighted by molar-refractivity contribution is 0.277. The van der Waals surface area contributed by atoms with Crippen LogP contribution >= 0.6 is 23.5 Å². The standard InChI is InChI=1S/C11H25BOS2/c1-4-7-9-14-11(6-3,13-12)15-10-8-5-2/h4-10,12H2,1-3H3. The van der Waals surface area contributed by atoms with Gasteiger partial charge in [0.25, 0.3) is 8.05 Å². The molecule has 0 saturated carbocycles. The molecule has 0 aromatic heterocycles. The maximum Gasteiger partial charge on any atom is 0.260 e. The van der Waals surface area contributed by atoms with E-state index in [-0.39, 0.29) is 4.27 Å². The summed E-state index contributed by atoms with van der Waals surface area (Å²) in [5.74, 6) is 2.44. The van der Waals surface area contributed by atoms with Crippen molar-refractivity contribution < 1.29 is 4.65 Å². The third-order valence-corrected chi connectivity index (χ3v) is 5.87. The summed E-state index contributed by atoms with van der Waals surface area (Å²) in [7, 11) is 1.85. The molecule has 0 amide bonds. The molecule has 0 unspecified atom stereocenters. The molecule has 0 aliphatic carbocycles. The van der Waals surface area contributed by atoms with Gasteiger partial charge in [-0.25, -0.2) is 0 Å². The molecular formula is C11H25BOS2. The number of unbranched alkanes of at least 4 members (excludes halogenated alkanes) is 2. The lowest BCUT2D eigenvalue weighted by Crippen LogP contribution is -2.23. The van der Waals surface area contributed by atoms with E-state index in [1.807, 2.05) is 31.6 Å². The van der Waals surface area contributed by atoms with Crippen molar-refractivity contribution in [2.45, 2.75) is 57.1 Å². The van der Waals surface area contributed by atoms with Crippen LogP contribution in [0.2, 0.25) is 0 Å². The van der Waals surface area contributed by atoms with Gasteiger partial charge in [-0.15, -0.1) is 23.5 Å². The zero-order chi connectivity index (χ0) is 11.6. The van der Waals surface area contributed by atoms with Gasteiger partial charge in [-0.2, -0.15) is 0 Å². The maximum atomic E-state index is 5.71. The Kier molecular flexibility index (Phi) is 10.4. The number of rotatable bonds is 10. The van der Waals surface area contributed by atoms with E-state index in [9.17, 15) is 0 Å². The summed E-state index contributed by atoms with van der Waals surface area (Å²) in [5, 5.41) is 0. The van der Waals surface area contributed by atoms with Crippen LogP contribution in [0.4, 0.5) is 0 Å². The first-order valence-corrected chi connectivity index (χ1v) is 8.04. The Labute approximate surface area is 105 Å². The van der Waals surface area contributed by atoms with Crippen LogP contribution in [-0.4, -0.2) is 23.8 Å². The molecule has 1 nitrogen and oxygen atoms in total. The molecule has 90 valence electrons. The zero-order valence-corrected chi connectivity index (χ0v) is 12.3. The van der Waals surface area contributed by atoms with Gasteiger partial charge in [0, 0.05) is 0 Å². The highest BCUT2D eigenvalue weighted by Crippen LogP contribution is 2.41. The molecule has 15 heavy (non-hydrogen) atoms. The van der Waals surface area contributed by atoms with Crippen molar-refractivity contribution in [3.63, 3.8) is 0 Å². The highest BCUT2D eigenvalue weighted by atomic mass is 32.2. The monoisotopic (exact) mass is 248 g/mol. The van der Waals surface area contributed by atoms with Crippen LogP contribution in [0.25, 0.3) is 0 Å². The van der Waals surface area contributed by atoms with E-state index >= 15 is 0 Å². The topological polar surface area (TPSA) is 9.23 Å². The number of thioether (sulfide) groups is 2. The first-order chi connectivity index (χ1) is 7.24. The van der Waals surface area contributed by atoms with Gasteiger partial charge in [0.15, 0.2) is 0 Å². The molecule has 4 heteroatoms. The van der Waals surface area contributed by atoms with Gasteiger partial charge in [0.1, 0.15) is 4.27 Å². The Hall–Kier alpha value is 0.725. The van der Waals surface area contributed by atoms with Crippen LogP contribution in [0.15, 0.2) is 0 Å². The van der Waals surface area contributed by atoms with Gasteiger partial charge in [0.05, 0.1) is 0 Å². The summed E-state index contributed by atoms with van der Waals surface area (Å²) < 4.78 is 5.72. The second-order valence-electron chi connectivity index (χ2n) is 3.64. The van der Waals surface area contributed by atoms with Crippen LogP contribution in [0, 0.1) is 0 Å². The van der Waals surface area contributed by atoms with E-state index in [2.05, 4.69) is 20.8 Å². The van der Waals surface area contributed by atoms with Gasteiger partial charge < -0.3 is 4.65 Å². The number of hydrogen-bond donors (Lipinski definition) is 0. The molecule has 0 N–H and O–H groups in total. The Morgan fingerprint density at radius 1 is 1.00 bits per heavy atom. The third-order valence-electron chi connectivity index (χ3n) is 2.38. The molecule has 0 heterocycles. The van der Waals surface area contributed by atoms with Crippen LogP contribution in [-0.2, 0) is 4.65 Å². The minimum absolute atomic E-state index is 0.0182. The molecule has 0 bridgehead atoms. The van der Waals surface area contributed by atoms with Crippen LogP contribution in [0.3, 0.4) is 0 Å². The molecule has 0 atom stereocenters. The smallest absolute Gasteiger partial charge is 0.260 e. The first kappa shape index (κ1) is 15.7. The predicted octanol–water partition coefficient (Wildman–Crippen LogP) is 3.68. The Balaban J connectivity index is 3.93. The number of hydrogen-bond acceptors (Lipinski definition) is 3. The predicted molar refractivity (Wildman–Crippen MR) is 77.4 cm³/mol. The Bertz CT molecular complexity index is 129. The van der Waals surface area contributed by atoms with E-state index in [4.69, 9.17) is 4.65 Å². The maximum absolute atomic E-state index is 5.71. The van der Waals surface area contributed by atoms with E-state index < -0.39 is 0 Å². The Morgan fingerprint density at radius 3 is 1.73 bits per heavy atom. The van der Waals surface area contributed by atoms with Gasteiger partial charge >= 0.3 is 0 Å². The highest BCUT2D eigenvalue weighted by molar-refractivity contribution is 8.18. The molecule has 0 rings (SSSR count). The van der Waals surface area contributed by atoms with E-state index in [0.717, 1.165) is 6.42 Å². The van der Waals surface area contributed by atoms with E-state index in [0.29, 0.717) is 0 Å². The molecular weight excluding hydrogens is 223 g/mol. The molecule has 0 radical (unpaired) electrons. The van der Waals surface area contributed by atoms with Crippen molar-refractivity contribution in [2.24, 2.45) is 0 Å². The second-order valence-corrected chi connectivity index (χ2v) is 6.62. The van der Waals surface area contributed by atoms with Crippen molar-refractivity contribution in [2.75, 3.05) is 11.5 Å². The van der Waals surface area contributed by atoms with Crippen molar-refractivity contribution in [1.82, 2.24) is 0 Å². The molecule has 0 spiro atoms. The SMILES string of the molecule is BOC(CC)(SCCCC)SCCCC. The van der Waals surface area contributed by atoms with Crippen molar-refractivity contribution in [1.29, 1.82) is 0 Å². The van der Waals surface area contributed by atoms with Gasteiger partial charge in [0.2, 0.25) is 0 Å². The fraction of sp³-hybridized carbons (Fsp3) is 1.00. The van der Waals surface area contributed by atoms with E-state index in [1.165, 1.54) is 37.2 Å². The van der Waals surface area contributed by atoms with Crippen LogP contribution in [0.1, 0.15) is 52.9 Å². The summed E-state index contributed by atoms with van der Waals surface area (Å²) in [5.41, 5.74) is 0. The van der Waals surface area contributed by atoms with E-state index in [1.54, 1.807) is 0 Å². The molecule has 0 aromatic carbocycles. The third kappa shape index (κ3) is 6.80. The average molecular weight is 248 g/mol. The summed E-state index contributed by atoms with van der Waals surface area (Å²) >= 11 is 3.97. The zero-order valence-electron chi connectivity index (χ0n) is 10.7. The summed E-state index contributed by atoms with van der Waals surface area (Å²) in [4.78, 5) is 0. The Morgan fingerprint density at radius 2 is 1.47 bits per heavy atom. The first-order valence-electron chi connectivity index (χ1n) is 6.07. The van der Waals surface area contributed by atoms with Gasteiger partial charge in [-0.3, -0.25) is 0 Å². The van der Waals surface area contributed by atoms with Crippen LogP contribution in [0.5, 0.6) is 0 Å². The molecule has 0 saturated heterocycles. The normalized spacial score (nSPS) is 11.9. The average Bonchev–Trinajstić information content (AvgIpc) is 2.28. The second kappa shape index (κ2) is 9.92. The minimum atomic E-state index is 0.0182. The molecule has 0 fully saturated rings. The van der Waals surface area contributed by atoms with Gasteiger partial charge in [-0.05, 0) is 30.8 Å².